The van der Waals surface area contributed by atoms with Crippen LogP contribution in [-0.4, -0.2) is 23.8 Å². The Labute approximate surface area is 166 Å². The second-order valence-corrected chi connectivity index (χ2v) is 7.09. The van der Waals surface area contributed by atoms with Crippen molar-refractivity contribution in [2.45, 2.75) is 12.7 Å². The number of nitrogens with zero attached hydrogens (tertiary/aromatic N) is 1. The fourth-order valence-electron chi connectivity index (χ4n) is 1.98. The maximum atomic E-state index is 11.8. The van der Waals surface area contributed by atoms with Crippen molar-refractivity contribution < 1.29 is 9.59 Å². The maximum absolute atomic E-state index is 11.8. The standard InChI is InChI=1S/C18H17Cl2N3O2S/c1-12(24)22-14-7-5-13(6-8-14)9-21-23-18(25)11-26-10-15-16(19)3-2-4-17(15)20/h2-9H,10-11H2,1H3,(H,22,24)(H,23,25). The van der Waals surface area contributed by atoms with Gasteiger partial charge in [-0.15, -0.1) is 11.8 Å². The van der Waals surface area contributed by atoms with Gasteiger partial charge >= 0.3 is 0 Å². The molecule has 0 aliphatic heterocycles. The van der Waals surface area contributed by atoms with E-state index >= 15 is 0 Å². The van der Waals surface area contributed by atoms with Crippen LogP contribution in [0.15, 0.2) is 47.6 Å². The van der Waals surface area contributed by atoms with E-state index in [1.54, 1.807) is 42.5 Å². The summed E-state index contributed by atoms with van der Waals surface area (Å²) in [5.74, 6) is 0.430. The first-order chi connectivity index (χ1) is 12.5. The molecule has 8 heteroatoms. The van der Waals surface area contributed by atoms with Crippen molar-refractivity contribution in [1.29, 1.82) is 0 Å². The van der Waals surface area contributed by atoms with Crippen LogP contribution in [0.3, 0.4) is 0 Å². The van der Waals surface area contributed by atoms with E-state index < -0.39 is 0 Å². The molecule has 2 rings (SSSR count). The first kappa shape index (κ1) is 20.3. The Morgan fingerprint density at radius 1 is 1.12 bits per heavy atom. The lowest BCUT2D eigenvalue weighted by Gasteiger charge is -2.06. The van der Waals surface area contributed by atoms with Gasteiger partial charge in [-0.05, 0) is 35.4 Å². The molecule has 0 saturated carbocycles. The zero-order valence-corrected chi connectivity index (χ0v) is 16.3. The molecule has 0 heterocycles. The van der Waals surface area contributed by atoms with E-state index in [0.29, 0.717) is 21.5 Å². The number of anilines is 1. The number of benzene rings is 2. The number of hydrogen-bond acceptors (Lipinski definition) is 4. The molecule has 0 radical (unpaired) electrons. The highest BCUT2D eigenvalue weighted by Gasteiger charge is 2.07. The van der Waals surface area contributed by atoms with Gasteiger partial charge in [0.2, 0.25) is 11.8 Å². The van der Waals surface area contributed by atoms with Gasteiger partial charge < -0.3 is 5.32 Å². The molecule has 2 N–H and O–H groups in total. The molecule has 0 unspecified atom stereocenters. The highest BCUT2D eigenvalue weighted by Crippen LogP contribution is 2.28. The molecule has 0 atom stereocenters. The summed E-state index contributed by atoms with van der Waals surface area (Å²) in [5.41, 5.74) is 4.79. The molecule has 26 heavy (non-hydrogen) atoms. The van der Waals surface area contributed by atoms with Crippen LogP contribution in [0, 0.1) is 0 Å². The minimum Gasteiger partial charge on any atom is -0.326 e. The lowest BCUT2D eigenvalue weighted by Crippen LogP contribution is -2.19. The first-order valence-electron chi connectivity index (χ1n) is 7.66. The zero-order chi connectivity index (χ0) is 18.9. The van der Waals surface area contributed by atoms with Crippen LogP contribution in [0.2, 0.25) is 10.0 Å². The molecule has 2 amide bonds. The predicted octanol–water partition coefficient (Wildman–Crippen LogP) is 4.34. The molecular formula is C18H17Cl2N3O2S. The van der Waals surface area contributed by atoms with Crippen LogP contribution < -0.4 is 10.7 Å². The lowest BCUT2D eigenvalue weighted by atomic mass is 10.2. The quantitative estimate of drug-likeness (QED) is 0.527. The molecule has 0 aliphatic carbocycles. The average molecular weight is 410 g/mol. The number of rotatable bonds is 7. The summed E-state index contributed by atoms with van der Waals surface area (Å²) >= 11 is 13.6. The molecule has 2 aromatic carbocycles. The smallest absolute Gasteiger partial charge is 0.250 e. The number of carbonyl (C=O) groups excluding carboxylic acids is 2. The Kier molecular flexibility index (Phi) is 7.97. The van der Waals surface area contributed by atoms with Crippen molar-refractivity contribution in [3.8, 4) is 0 Å². The van der Waals surface area contributed by atoms with E-state index in [9.17, 15) is 9.59 Å². The normalized spacial score (nSPS) is 10.7. The van der Waals surface area contributed by atoms with Gasteiger partial charge in [-0.1, -0.05) is 41.4 Å². The van der Waals surface area contributed by atoms with Gasteiger partial charge in [-0.3, -0.25) is 9.59 Å². The molecule has 0 bridgehead atoms. The molecule has 0 saturated heterocycles. The van der Waals surface area contributed by atoms with E-state index in [1.165, 1.54) is 24.9 Å². The molecule has 0 spiro atoms. The molecule has 0 aliphatic rings. The average Bonchev–Trinajstić information content (AvgIpc) is 2.58. The summed E-state index contributed by atoms with van der Waals surface area (Å²) in [6.45, 7) is 1.45. The van der Waals surface area contributed by atoms with Gasteiger partial charge in [-0.25, -0.2) is 5.43 Å². The topological polar surface area (TPSA) is 70.6 Å². The number of halogens is 2. The summed E-state index contributed by atoms with van der Waals surface area (Å²) in [6.07, 6.45) is 1.53. The van der Waals surface area contributed by atoms with Crippen LogP contribution >= 0.6 is 35.0 Å². The van der Waals surface area contributed by atoms with E-state index in [1.807, 2.05) is 0 Å². The third-order valence-electron chi connectivity index (χ3n) is 3.18. The highest BCUT2D eigenvalue weighted by atomic mass is 35.5. The van der Waals surface area contributed by atoms with Crippen LogP contribution in [0.25, 0.3) is 0 Å². The van der Waals surface area contributed by atoms with Crippen molar-refractivity contribution in [2.75, 3.05) is 11.1 Å². The zero-order valence-electron chi connectivity index (χ0n) is 14.0. The van der Waals surface area contributed by atoms with E-state index in [4.69, 9.17) is 23.2 Å². The summed E-state index contributed by atoms with van der Waals surface area (Å²) in [4.78, 5) is 22.8. The molecule has 0 fully saturated rings. The third-order valence-corrected chi connectivity index (χ3v) is 4.84. The van der Waals surface area contributed by atoms with Crippen LogP contribution in [0.1, 0.15) is 18.1 Å². The van der Waals surface area contributed by atoms with Crippen molar-refractivity contribution in [3.63, 3.8) is 0 Å². The van der Waals surface area contributed by atoms with E-state index in [2.05, 4.69) is 15.8 Å². The molecule has 0 aromatic heterocycles. The van der Waals surface area contributed by atoms with Gasteiger partial charge in [0.05, 0.1) is 12.0 Å². The van der Waals surface area contributed by atoms with E-state index in [0.717, 1.165) is 11.1 Å². The highest BCUT2D eigenvalue weighted by molar-refractivity contribution is 7.99. The van der Waals surface area contributed by atoms with Gasteiger partial charge in [0.1, 0.15) is 0 Å². The second kappa shape index (κ2) is 10.2. The molecule has 136 valence electrons. The summed E-state index contributed by atoms with van der Waals surface area (Å²) in [5, 5.41) is 7.77. The Morgan fingerprint density at radius 2 is 1.77 bits per heavy atom. The second-order valence-electron chi connectivity index (χ2n) is 5.29. The number of nitrogens with one attached hydrogen (secondary N) is 2. The largest absolute Gasteiger partial charge is 0.326 e. The number of carbonyl (C=O) groups is 2. The summed E-state index contributed by atoms with van der Waals surface area (Å²) in [7, 11) is 0. The summed E-state index contributed by atoms with van der Waals surface area (Å²) in [6, 6.07) is 12.4. The number of amides is 2. The maximum Gasteiger partial charge on any atom is 0.250 e. The van der Waals surface area contributed by atoms with Crippen molar-refractivity contribution >= 4 is 58.7 Å². The molecule has 5 nitrogen and oxygen atoms in total. The fourth-order valence-corrected chi connectivity index (χ4v) is 3.54. The van der Waals surface area contributed by atoms with Crippen LogP contribution in [-0.2, 0) is 15.3 Å². The monoisotopic (exact) mass is 409 g/mol. The Hall–Kier alpha value is -2.02. The Bertz CT molecular complexity index is 790. The Balaban J connectivity index is 1.76. The van der Waals surface area contributed by atoms with Crippen molar-refractivity contribution in [2.24, 2.45) is 5.10 Å². The van der Waals surface area contributed by atoms with Crippen molar-refractivity contribution in [1.82, 2.24) is 5.43 Å². The number of hydrogen-bond donors (Lipinski definition) is 2. The predicted molar refractivity (Wildman–Crippen MR) is 109 cm³/mol. The van der Waals surface area contributed by atoms with E-state index in [-0.39, 0.29) is 17.6 Å². The number of thioether (sulfide) groups is 1. The lowest BCUT2D eigenvalue weighted by molar-refractivity contribution is -0.118. The molecular weight excluding hydrogens is 393 g/mol. The molecule has 2 aromatic rings. The van der Waals surface area contributed by atoms with Gasteiger partial charge in [0.25, 0.3) is 0 Å². The minimum atomic E-state index is -0.218. The minimum absolute atomic E-state index is 0.130. The van der Waals surface area contributed by atoms with Gasteiger partial charge in [-0.2, -0.15) is 5.10 Å². The first-order valence-corrected chi connectivity index (χ1v) is 9.57. The van der Waals surface area contributed by atoms with Gasteiger partial charge in [0.15, 0.2) is 0 Å². The fraction of sp³-hybridized carbons (Fsp3) is 0.167. The van der Waals surface area contributed by atoms with Crippen molar-refractivity contribution in [3.05, 3.63) is 63.6 Å². The van der Waals surface area contributed by atoms with Gasteiger partial charge in [0, 0.05) is 28.4 Å². The summed E-state index contributed by atoms with van der Waals surface area (Å²) < 4.78 is 0. The number of hydrazone groups is 1. The third kappa shape index (κ3) is 6.71. The SMILES string of the molecule is CC(=O)Nc1ccc(C=NNC(=O)CSCc2c(Cl)cccc2Cl)cc1. The Morgan fingerprint density at radius 3 is 2.38 bits per heavy atom. The van der Waals surface area contributed by atoms with Crippen LogP contribution in [0.4, 0.5) is 5.69 Å². The van der Waals surface area contributed by atoms with Crippen LogP contribution in [0.5, 0.6) is 0 Å².